The van der Waals surface area contributed by atoms with Gasteiger partial charge in [0.2, 0.25) is 0 Å². The Morgan fingerprint density at radius 3 is 1.87 bits per heavy atom. The number of nitrogens with zero attached hydrogens (tertiary/aromatic N) is 1. The zero-order valence-electron chi connectivity index (χ0n) is 34.6. The average Bonchev–Trinajstić information content (AvgIpc) is 3.66. The number of hydrogen-bond acceptors (Lipinski definition) is 3. The highest BCUT2D eigenvalue weighted by Crippen LogP contribution is 2.52. The van der Waals surface area contributed by atoms with Gasteiger partial charge in [-0.2, -0.15) is 0 Å². The Hall–Kier alpha value is -6.78. The highest BCUT2D eigenvalue weighted by molar-refractivity contribution is 6.99. The van der Waals surface area contributed by atoms with E-state index in [4.69, 9.17) is 9.15 Å². The number of anilines is 3. The van der Waals surface area contributed by atoms with Gasteiger partial charge in [-0.1, -0.05) is 168 Å². The summed E-state index contributed by atoms with van der Waals surface area (Å²) in [6.45, 7) is 9.14. The first-order chi connectivity index (χ1) is 29.4. The number of ether oxygens (including phenoxy) is 1. The number of para-hydroxylation sites is 1. The van der Waals surface area contributed by atoms with Crippen molar-refractivity contribution in [3.63, 3.8) is 0 Å². The number of rotatable bonds is 7. The van der Waals surface area contributed by atoms with E-state index in [1.807, 2.05) is 0 Å². The van der Waals surface area contributed by atoms with Crippen LogP contribution in [0.2, 0.25) is 0 Å². The van der Waals surface area contributed by atoms with E-state index in [2.05, 4.69) is 202 Å². The number of unbranched alkanes of at least 4 members (excludes halogenated alkanes) is 1. The first-order valence-corrected chi connectivity index (χ1v) is 21.4. The maximum absolute atomic E-state index is 7.15. The summed E-state index contributed by atoms with van der Waals surface area (Å²) in [5.74, 6) is 1.84. The van der Waals surface area contributed by atoms with E-state index in [1.165, 1.54) is 78.0 Å². The molecule has 3 heterocycles. The van der Waals surface area contributed by atoms with E-state index in [0.29, 0.717) is 0 Å². The van der Waals surface area contributed by atoms with Crippen LogP contribution in [0.5, 0.6) is 11.5 Å². The molecule has 0 amide bonds. The van der Waals surface area contributed by atoms with Crippen LogP contribution in [0, 0.1) is 0 Å². The van der Waals surface area contributed by atoms with Crippen molar-refractivity contribution in [1.82, 2.24) is 0 Å². The minimum Gasteiger partial charge on any atom is -0.458 e. The van der Waals surface area contributed by atoms with Gasteiger partial charge in [0.15, 0.2) is 0 Å². The normalized spacial score (nSPS) is 12.9. The summed E-state index contributed by atoms with van der Waals surface area (Å²) < 4.78 is 13.9. The summed E-state index contributed by atoms with van der Waals surface area (Å²) >= 11 is 0. The number of hydrogen-bond donors (Lipinski definition) is 0. The summed E-state index contributed by atoms with van der Waals surface area (Å²) in [5.41, 5.74) is 18.6. The average molecular weight is 776 g/mol. The van der Waals surface area contributed by atoms with Crippen LogP contribution < -0.4 is 26.0 Å². The van der Waals surface area contributed by atoms with Crippen LogP contribution in [0.1, 0.15) is 51.7 Å². The van der Waals surface area contributed by atoms with Crippen molar-refractivity contribution in [3.8, 4) is 44.9 Å². The van der Waals surface area contributed by atoms with Crippen molar-refractivity contribution in [3.05, 3.63) is 181 Å². The molecule has 2 aliphatic rings. The van der Waals surface area contributed by atoms with Gasteiger partial charge in [-0.15, -0.1) is 0 Å². The Bertz CT molecular complexity index is 3090. The number of aryl methyl sites for hydroxylation is 1. The van der Waals surface area contributed by atoms with E-state index < -0.39 is 0 Å². The van der Waals surface area contributed by atoms with Crippen LogP contribution in [0.15, 0.2) is 174 Å². The van der Waals surface area contributed by atoms with Gasteiger partial charge < -0.3 is 14.1 Å². The molecule has 8 aromatic carbocycles. The Balaban J connectivity index is 1.29. The number of benzene rings is 8. The fourth-order valence-corrected chi connectivity index (χ4v) is 9.68. The monoisotopic (exact) mass is 775 g/mol. The molecular weight excluding hydrogens is 729 g/mol. The van der Waals surface area contributed by atoms with Crippen LogP contribution in [0.25, 0.3) is 55.3 Å². The van der Waals surface area contributed by atoms with E-state index in [-0.39, 0.29) is 12.1 Å². The smallest absolute Gasteiger partial charge is 0.256 e. The molecule has 0 fully saturated rings. The van der Waals surface area contributed by atoms with Crippen LogP contribution in [-0.2, 0) is 11.8 Å². The van der Waals surface area contributed by atoms with Crippen LogP contribution >= 0.6 is 0 Å². The lowest BCUT2D eigenvalue weighted by Crippen LogP contribution is -2.59. The van der Waals surface area contributed by atoms with E-state index in [9.17, 15) is 0 Å². The maximum atomic E-state index is 7.15. The fourth-order valence-electron chi connectivity index (χ4n) is 9.68. The third-order valence-electron chi connectivity index (χ3n) is 12.7. The van der Waals surface area contributed by atoms with E-state index >= 15 is 0 Å². The van der Waals surface area contributed by atoms with Gasteiger partial charge in [-0.3, -0.25) is 0 Å². The minimum absolute atomic E-state index is 0.0657. The number of furan rings is 1. The van der Waals surface area contributed by atoms with Gasteiger partial charge in [-0.05, 0) is 110 Å². The molecule has 290 valence electrons. The molecule has 1 aromatic heterocycles. The van der Waals surface area contributed by atoms with Crippen molar-refractivity contribution in [1.29, 1.82) is 0 Å². The first-order valence-electron chi connectivity index (χ1n) is 21.4. The van der Waals surface area contributed by atoms with Gasteiger partial charge in [0.25, 0.3) is 6.71 Å². The molecule has 0 radical (unpaired) electrons. The topological polar surface area (TPSA) is 25.6 Å². The van der Waals surface area contributed by atoms with Crippen LogP contribution in [-0.4, -0.2) is 6.71 Å². The molecule has 0 N–H and O–H groups in total. The third kappa shape index (κ3) is 5.88. The zero-order valence-corrected chi connectivity index (χ0v) is 34.6. The predicted octanol–water partition coefficient (Wildman–Crippen LogP) is 13.6. The summed E-state index contributed by atoms with van der Waals surface area (Å²) in [4.78, 5) is 2.61. The lowest BCUT2D eigenvalue weighted by molar-refractivity contribution is 0.483. The first kappa shape index (κ1) is 36.3. The molecule has 11 rings (SSSR count). The van der Waals surface area contributed by atoms with Crippen molar-refractivity contribution >= 4 is 62.1 Å². The lowest BCUT2D eigenvalue weighted by atomic mass is 9.34. The molecule has 60 heavy (non-hydrogen) atoms. The van der Waals surface area contributed by atoms with Gasteiger partial charge in [0, 0.05) is 27.7 Å². The Morgan fingerprint density at radius 2 is 1.18 bits per heavy atom. The standard InChI is InChI=1S/C56H46BNO2/c1-5-6-18-41-33-50-53(43-25-16-17-26-48(43)59-50)52(38-23-14-9-15-24-38)55(41)58-46-29-27-39(36-19-10-7-11-20-36)31-44(46)57-45-32-40(37-21-12-8-13-22-37)28-30-49(45)60-51-35-42(56(2,3)4)34-47(58)54(51)57/h7-17,19-35H,5-6,18H2,1-4H3. The molecule has 0 saturated heterocycles. The molecule has 4 heteroatoms. The lowest BCUT2D eigenvalue weighted by Gasteiger charge is -2.42. The van der Waals surface area contributed by atoms with Crippen molar-refractivity contribution < 1.29 is 9.15 Å². The summed E-state index contributed by atoms with van der Waals surface area (Å²) in [5, 5.41) is 2.27. The third-order valence-corrected chi connectivity index (χ3v) is 12.7. The quantitative estimate of drug-likeness (QED) is 0.151. The molecule has 0 aliphatic carbocycles. The second-order valence-electron chi connectivity index (χ2n) is 17.5. The van der Waals surface area contributed by atoms with E-state index in [0.717, 1.165) is 52.7 Å². The molecule has 9 aromatic rings. The Kier molecular flexibility index (Phi) is 8.60. The number of fused-ring (bicyclic) bond motifs is 7. The van der Waals surface area contributed by atoms with Gasteiger partial charge in [0.1, 0.15) is 22.7 Å². The largest absolute Gasteiger partial charge is 0.458 e. The van der Waals surface area contributed by atoms with Crippen LogP contribution in [0.4, 0.5) is 17.1 Å². The molecule has 0 bridgehead atoms. The summed E-state index contributed by atoms with van der Waals surface area (Å²) in [6, 6.07) is 62.0. The second kappa shape index (κ2) is 14.2. The highest BCUT2D eigenvalue weighted by Gasteiger charge is 2.44. The molecule has 0 atom stereocenters. The van der Waals surface area contributed by atoms with Gasteiger partial charge in [-0.25, -0.2) is 0 Å². The maximum Gasteiger partial charge on any atom is 0.256 e. The van der Waals surface area contributed by atoms with Crippen LogP contribution in [0.3, 0.4) is 0 Å². The predicted molar refractivity (Wildman–Crippen MR) is 253 cm³/mol. The summed E-state index contributed by atoms with van der Waals surface area (Å²) in [6.07, 6.45) is 3.06. The molecule has 3 nitrogen and oxygen atoms in total. The molecule has 0 spiro atoms. The fraction of sp³-hybridized carbons (Fsp3) is 0.143. The van der Waals surface area contributed by atoms with Gasteiger partial charge >= 0.3 is 0 Å². The molecule has 0 saturated carbocycles. The Labute approximate surface area is 353 Å². The Morgan fingerprint density at radius 1 is 0.550 bits per heavy atom. The summed E-state index contributed by atoms with van der Waals surface area (Å²) in [7, 11) is 0. The van der Waals surface area contributed by atoms with Crippen molar-refractivity contribution in [2.75, 3.05) is 4.90 Å². The minimum atomic E-state index is -0.136. The van der Waals surface area contributed by atoms with Gasteiger partial charge in [0.05, 0.1) is 5.69 Å². The van der Waals surface area contributed by atoms with Crippen molar-refractivity contribution in [2.45, 2.75) is 52.4 Å². The van der Waals surface area contributed by atoms with Crippen molar-refractivity contribution in [2.24, 2.45) is 0 Å². The second-order valence-corrected chi connectivity index (χ2v) is 17.5. The zero-order chi connectivity index (χ0) is 40.5. The van der Waals surface area contributed by atoms with E-state index in [1.54, 1.807) is 0 Å². The molecule has 2 aliphatic heterocycles. The molecule has 0 unspecified atom stereocenters. The highest BCUT2D eigenvalue weighted by atomic mass is 16.5. The molecular formula is C56H46BNO2. The SMILES string of the molecule is CCCCc1cc2oc3ccccc3c2c(-c2ccccc2)c1N1c2ccc(-c3ccccc3)cc2B2c3cc(-c4ccccc4)ccc3Oc3cc(C(C)(C)C)cc1c32.